The van der Waals surface area contributed by atoms with Crippen LogP contribution in [0.2, 0.25) is 0 Å². The van der Waals surface area contributed by atoms with Crippen LogP contribution in [0.15, 0.2) is 18.2 Å². The number of carbonyl (C=O) groups excluding carboxylic acids is 1. The number of amides is 1. The van der Waals surface area contributed by atoms with Crippen LogP contribution in [-0.4, -0.2) is 65.0 Å². The molecule has 1 aromatic heterocycles. The number of aromatic nitrogens is 2. The minimum absolute atomic E-state index is 0.181. The zero-order valence-corrected chi connectivity index (χ0v) is 21.3. The van der Waals surface area contributed by atoms with Crippen LogP contribution in [0, 0.1) is 6.92 Å². The highest BCUT2D eigenvalue weighted by molar-refractivity contribution is 5.73. The Hall–Kier alpha value is -2.47. The van der Waals surface area contributed by atoms with Gasteiger partial charge in [-0.2, -0.15) is 4.98 Å². The smallest absolute Gasteiger partial charge is 0.220 e. The van der Waals surface area contributed by atoms with Crippen molar-refractivity contribution < 1.29 is 9.53 Å². The number of rotatable bonds is 9. The predicted octanol–water partition coefficient (Wildman–Crippen LogP) is 4.46. The first-order chi connectivity index (χ1) is 15.9. The van der Waals surface area contributed by atoms with E-state index < -0.39 is 0 Å². The average molecular weight is 453 g/mol. The van der Waals surface area contributed by atoms with Crippen molar-refractivity contribution in [2.75, 3.05) is 33.3 Å². The van der Waals surface area contributed by atoms with Crippen molar-refractivity contribution >= 4 is 5.91 Å². The van der Waals surface area contributed by atoms with Crippen LogP contribution in [0.25, 0.3) is 11.4 Å². The van der Waals surface area contributed by atoms with Crippen molar-refractivity contribution in [3.63, 3.8) is 0 Å². The fourth-order valence-electron chi connectivity index (χ4n) is 4.90. The Morgan fingerprint density at radius 3 is 2.39 bits per heavy atom. The largest absolute Gasteiger partial charge is 0.481 e. The van der Waals surface area contributed by atoms with Crippen LogP contribution in [-0.2, 0) is 24.1 Å². The molecule has 1 saturated heterocycles. The molecule has 33 heavy (non-hydrogen) atoms. The Morgan fingerprint density at radius 1 is 1.12 bits per heavy atom. The number of unbranched alkanes of at least 4 members (excludes halogenated alkanes) is 1. The summed E-state index contributed by atoms with van der Waals surface area (Å²) < 4.78 is 5.73. The third-order valence-electron chi connectivity index (χ3n) is 6.92. The number of aryl methyl sites for hydroxylation is 3. The van der Waals surface area contributed by atoms with Crippen molar-refractivity contribution in [1.82, 2.24) is 19.8 Å². The molecule has 2 aromatic rings. The Balaban J connectivity index is 1.68. The van der Waals surface area contributed by atoms with E-state index in [2.05, 4.69) is 50.8 Å². The van der Waals surface area contributed by atoms with Crippen molar-refractivity contribution in [3.05, 3.63) is 40.6 Å². The Morgan fingerprint density at radius 2 is 1.82 bits per heavy atom. The lowest BCUT2D eigenvalue weighted by atomic mass is 9.96. The molecule has 1 aliphatic rings. The molecule has 2 heterocycles. The summed E-state index contributed by atoms with van der Waals surface area (Å²) in [6, 6.07) is 6.88. The number of nitrogens with zero attached hydrogens (tertiary/aromatic N) is 4. The van der Waals surface area contributed by atoms with Gasteiger partial charge in [-0.25, -0.2) is 4.98 Å². The van der Waals surface area contributed by atoms with Gasteiger partial charge in [0.1, 0.15) is 0 Å². The number of hydrogen-bond acceptors (Lipinski definition) is 5. The molecule has 0 aliphatic carbocycles. The fourth-order valence-corrected chi connectivity index (χ4v) is 4.90. The number of hydrogen-bond donors (Lipinski definition) is 0. The van der Waals surface area contributed by atoms with E-state index in [-0.39, 0.29) is 5.91 Å². The molecular formula is C27H40N4O2. The van der Waals surface area contributed by atoms with Crippen molar-refractivity contribution in [3.8, 4) is 17.3 Å². The van der Waals surface area contributed by atoms with Gasteiger partial charge in [0.05, 0.1) is 7.11 Å². The van der Waals surface area contributed by atoms with Crippen molar-refractivity contribution in [2.45, 2.75) is 72.8 Å². The predicted molar refractivity (Wildman–Crippen MR) is 134 cm³/mol. The van der Waals surface area contributed by atoms with E-state index in [1.54, 1.807) is 14.0 Å². The molecule has 1 aromatic carbocycles. The summed E-state index contributed by atoms with van der Waals surface area (Å²) >= 11 is 0. The van der Waals surface area contributed by atoms with E-state index >= 15 is 0 Å². The van der Waals surface area contributed by atoms with Crippen LogP contribution in [0.3, 0.4) is 0 Å². The van der Waals surface area contributed by atoms with E-state index in [0.717, 1.165) is 80.9 Å². The minimum atomic E-state index is 0.181. The summed E-state index contributed by atoms with van der Waals surface area (Å²) in [5.74, 6) is 1.66. The van der Waals surface area contributed by atoms with Crippen LogP contribution >= 0.6 is 0 Å². The molecule has 1 aliphatic heterocycles. The highest BCUT2D eigenvalue weighted by atomic mass is 16.5. The maximum absolute atomic E-state index is 11.6. The second-order valence-corrected chi connectivity index (χ2v) is 9.09. The van der Waals surface area contributed by atoms with E-state index in [9.17, 15) is 4.79 Å². The van der Waals surface area contributed by atoms with Crippen LogP contribution in [0.1, 0.15) is 62.9 Å². The topological polar surface area (TPSA) is 58.6 Å². The molecule has 6 heteroatoms. The van der Waals surface area contributed by atoms with Gasteiger partial charge in [-0.15, -0.1) is 0 Å². The number of carbonyl (C=O) groups is 1. The summed E-state index contributed by atoms with van der Waals surface area (Å²) in [4.78, 5) is 25.9. The van der Waals surface area contributed by atoms with Crippen LogP contribution in [0.5, 0.6) is 5.88 Å². The summed E-state index contributed by atoms with van der Waals surface area (Å²) in [6.45, 7) is 14.0. The third-order valence-corrected chi connectivity index (χ3v) is 6.92. The molecule has 3 rings (SSSR count). The molecular weight excluding hydrogens is 412 g/mol. The summed E-state index contributed by atoms with van der Waals surface area (Å²) in [5, 5.41) is 0. The lowest BCUT2D eigenvalue weighted by molar-refractivity contribution is -0.131. The molecule has 1 amide bonds. The van der Waals surface area contributed by atoms with E-state index in [1.165, 1.54) is 11.1 Å². The van der Waals surface area contributed by atoms with Gasteiger partial charge in [-0.1, -0.05) is 32.0 Å². The number of piperazine rings is 1. The molecule has 6 nitrogen and oxygen atoms in total. The molecule has 180 valence electrons. The van der Waals surface area contributed by atoms with Crippen molar-refractivity contribution in [2.24, 2.45) is 0 Å². The molecule has 1 atom stereocenters. The number of benzene rings is 1. The summed E-state index contributed by atoms with van der Waals surface area (Å²) in [6.07, 6.45) is 4.98. The highest BCUT2D eigenvalue weighted by Crippen LogP contribution is 2.30. The van der Waals surface area contributed by atoms with Gasteiger partial charge < -0.3 is 9.64 Å². The summed E-state index contributed by atoms with van der Waals surface area (Å²) in [7, 11) is 1.71. The van der Waals surface area contributed by atoms with Gasteiger partial charge in [-0.3, -0.25) is 9.69 Å². The third kappa shape index (κ3) is 5.91. The zero-order valence-electron chi connectivity index (χ0n) is 21.3. The van der Waals surface area contributed by atoms with E-state index in [4.69, 9.17) is 14.7 Å². The quantitative estimate of drug-likeness (QED) is 0.526. The van der Waals surface area contributed by atoms with Gasteiger partial charge >= 0.3 is 0 Å². The first-order valence-electron chi connectivity index (χ1n) is 12.4. The highest BCUT2D eigenvalue weighted by Gasteiger charge is 2.24. The monoisotopic (exact) mass is 452 g/mol. The number of ether oxygens (including phenoxy) is 1. The van der Waals surface area contributed by atoms with Gasteiger partial charge in [0.25, 0.3) is 0 Å². The SMILES string of the molecule is CCc1cccc(CC)c1-c1nc(C)c(CCCCN2CCN(C(C)=O)CC2C)c(OC)n1. The standard InChI is InChI=1S/C27H40N4O2/c1-7-22-12-11-13-23(8-2)25(22)26-28-20(4)24(27(29-26)33-6)14-9-10-15-30-16-17-31(21(5)32)18-19(30)3/h11-13,19H,7-10,14-18H2,1-6H3. The Labute approximate surface area is 199 Å². The normalized spacial score (nSPS) is 16.8. The van der Waals surface area contributed by atoms with Gasteiger partial charge in [0.2, 0.25) is 11.8 Å². The maximum atomic E-state index is 11.6. The van der Waals surface area contributed by atoms with Gasteiger partial charge in [-0.05, 0) is 63.6 Å². The maximum Gasteiger partial charge on any atom is 0.220 e. The van der Waals surface area contributed by atoms with E-state index in [1.807, 2.05) is 4.90 Å². The first kappa shape index (κ1) is 25.2. The zero-order chi connectivity index (χ0) is 24.0. The molecule has 0 spiro atoms. The average Bonchev–Trinajstić information content (AvgIpc) is 2.82. The Kier molecular flexibility index (Phi) is 8.84. The lowest BCUT2D eigenvalue weighted by Crippen LogP contribution is -2.53. The van der Waals surface area contributed by atoms with Gasteiger partial charge in [0.15, 0.2) is 5.82 Å². The van der Waals surface area contributed by atoms with Crippen molar-refractivity contribution in [1.29, 1.82) is 0 Å². The molecule has 0 radical (unpaired) electrons. The minimum Gasteiger partial charge on any atom is -0.481 e. The molecule has 0 N–H and O–H groups in total. The van der Waals surface area contributed by atoms with Crippen LogP contribution < -0.4 is 4.74 Å². The fraction of sp³-hybridized carbons (Fsp3) is 0.593. The molecule has 1 unspecified atom stereocenters. The summed E-state index contributed by atoms with van der Waals surface area (Å²) in [5.41, 5.74) is 5.84. The van der Waals surface area contributed by atoms with Gasteiger partial charge in [0, 0.05) is 49.4 Å². The molecule has 0 bridgehead atoms. The molecule has 0 saturated carbocycles. The number of methoxy groups -OCH3 is 1. The van der Waals surface area contributed by atoms with E-state index in [0.29, 0.717) is 11.9 Å². The second-order valence-electron chi connectivity index (χ2n) is 9.09. The molecule has 1 fully saturated rings. The van der Waals surface area contributed by atoms with Crippen LogP contribution in [0.4, 0.5) is 0 Å². The lowest BCUT2D eigenvalue weighted by Gasteiger charge is -2.39. The Bertz CT molecular complexity index is 937. The second kappa shape index (κ2) is 11.6. The first-order valence-corrected chi connectivity index (χ1v) is 12.4.